The molecule has 2 aromatic carbocycles. The number of thiazole rings is 1. The fourth-order valence-corrected chi connectivity index (χ4v) is 5.92. The van der Waals surface area contributed by atoms with Crippen LogP contribution in [0.3, 0.4) is 0 Å². The topological polar surface area (TPSA) is 109 Å². The van der Waals surface area contributed by atoms with Crippen LogP contribution in [0.25, 0.3) is 17.4 Å². The highest BCUT2D eigenvalue weighted by Crippen LogP contribution is 2.37. The Morgan fingerprint density at radius 2 is 1.88 bits per heavy atom. The van der Waals surface area contributed by atoms with Gasteiger partial charge in [0, 0.05) is 18.6 Å². The highest BCUT2D eigenvalue weighted by Gasteiger charge is 2.33. The minimum absolute atomic E-state index is 0.185. The van der Waals surface area contributed by atoms with Crippen molar-refractivity contribution in [2.24, 2.45) is 4.99 Å². The molecule has 0 fully saturated rings. The van der Waals surface area contributed by atoms with E-state index in [1.165, 1.54) is 25.7 Å². The molecule has 1 aliphatic heterocycles. The number of carbonyl (C=O) groups is 2. The van der Waals surface area contributed by atoms with Crippen LogP contribution in [-0.4, -0.2) is 30.7 Å². The molecule has 0 radical (unpaired) electrons. The van der Waals surface area contributed by atoms with Crippen LogP contribution in [0.2, 0.25) is 10.0 Å². The number of halogens is 2. The van der Waals surface area contributed by atoms with E-state index >= 15 is 0 Å². The summed E-state index contributed by atoms with van der Waals surface area (Å²) in [6, 6.07) is 12.6. The summed E-state index contributed by atoms with van der Waals surface area (Å²) in [4.78, 5) is 43.2. The quantitative estimate of drug-likeness (QED) is 0.225. The molecule has 0 saturated heterocycles. The maximum Gasteiger partial charge on any atom is 0.338 e. The molecule has 4 aromatic rings. The number of fused-ring (bicyclic) bond motifs is 1. The lowest BCUT2D eigenvalue weighted by Gasteiger charge is -2.25. The van der Waals surface area contributed by atoms with Crippen LogP contribution in [0, 0.1) is 0 Å². The predicted molar refractivity (Wildman–Crippen MR) is 154 cm³/mol. The first-order chi connectivity index (χ1) is 19.6. The molecular formula is C29H22Cl2N2O7S. The van der Waals surface area contributed by atoms with E-state index in [-0.39, 0.29) is 17.1 Å². The lowest BCUT2D eigenvalue weighted by Crippen LogP contribution is -2.39. The first-order valence-corrected chi connectivity index (χ1v) is 13.7. The van der Waals surface area contributed by atoms with Gasteiger partial charge in [-0.25, -0.2) is 9.79 Å². The Balaban J connectivity index is 1.65. The maximum atomic E-state index is 13.8. The zero-order chi connectivity index (χ0) is 29.4. The number of furan rings is 1. The SMILES string of the molecule is COC(=O)C1=C(C)N=c2s/c(=C/c3ccc(-c4cccc(Cl)c4Cl)o3)c(=O)n2C1c1ccc(OC(C)=O)c(OC)c1. The number of rotatable bonds is 6. The molecule has 210 valence electrons. The molecular weight excluding hydrogens is 591 g/mol. The minimum Gasteiger partial charge on any atom is -0.493 e. The van der Waals surface area contributed by atoms with Crippen molar-refractivity contribution in [1.82, 2.24) is 4.57 Å². The Morgan fingerprint density at radius 3 is 2.59 bits per heavy atom. The number of allylic oxidation sites excluding steroid dienone is 1. The van der Waals surface area contributed by atoms with E-state index in [0.717, 1.165) is 11.3 Å². The molecule has 0 N–H and O–H groups in total. The van der Waals surface area contributed by atoms with Gasteiger partial charge in [-0.05, 0) is 48.9 Å². The van der Waals surface area contributed by atoms with Crippen molar-refractivity contribution in [3.05, 3.63) is 101 Å². The molecule has 3 heterocycles. The van der Waals surface area contributed by atoms with Crippen molar-refractivity contribution in [1.29, 1.82) is 0 Å². The first kappa shape index (κ1) is 28.4. The average molecular weight is 613 g/mol. The molecule has 2 aromatic heterocycles. The highest BCUT2D eigenvalue weighted by atomic mass is 35.5. The maximum absolute atomic E-state index is 13.8. The average Bonchev–Trinajstić information content (AvgIpc) is 3.53. The van der Waals surface area contributed by atoms with E-state index in [1.54, 1.807) is 61.5 Å². The van der Waals surface area contributed by atoms with E-state index in [9.17, 15) is 14.4 Å². The third kappa shape index (κ3) is 5.33. The summed E-state index contributed by atoms with van der Waals surface area (Å²) in [5.41, 5.74) is 1.33. The Labute approximate surface area is 247 Å². The van der Waals surface area contributed by atoms with Gasteiger partial charge < -0.3 is 18.6 Å². The fourth-order valence-electron chi connectivity index (χ4n) is 4.50. The zero-order valence-corrected chi connectivity index (χ0v) is 24.5. The second-order valence-corrected chi connectivity index (χ2v) is 10.7. The van der Waals surface area contributed by atoms with Gasteiger partial charge >= 0.3 is 11.9 Å². The van der Waals surface area contributed by atoms with Crippen LogP contribution in [0.5, 0.6) is 11.5 Å². The Kier molecular flexibility index (Phi) is 7.90. The van der Waals surface area contributed by atoms with Crippen LogP contribution in [0.4, 0.5) is 0 Å². The Hall–Kier alpha value is -4.12. The molecule has 0 amide bonds. The number of hydrogen-bond acceptors (Lipinski definition) is 9. The summed E-state index contributed by atoms with van der Waals surface area (Å²) < 4.78 is 23.4. The Morgan fingerprint density at radius 1 is 1.10 bits per heavy atom. The lowest BCUT2D eigenvalue weighted by molar-refractivity contribution is -0.136. The van der Waals surface area contributed by atoms with Crippen molar-refractivity contribution >= 4 is 52.6 Å². The van der Waals surface area contributed by atoms with Crippen molar-refractivity contribution in [3.63, 3.8) is 0 Å². The standard InChI is InChI=1S/C29H22Cl2N2O7S/c1-14-24(28(36)38-4)26(16-8-10-21(39-15(2)34)22(12-16)37-3)33-27(35)23(41-29(33)32-14)13-17-9-11-20(40-17)18-6-5-7-19(30)25(18)31/h5-13,26H,1-4H3/b23-13+. The van der Waals surface area contributed by atoms with Crippen molar-refractivity contribution < 1.29 is 28.2 Å². The van der Waals surface area contributed by atoms with Gasteiger partial charge in [0.05, 0.1) is 46.1 Å². The molecule has 1 atom stereocenters. The van der Waals surface area contributed by atoms with Crippen LogP contribution in [-0.2, 0) is 14.3 Å². The predicted octanol–water partition coefficient (Wildman–Crippen LogP) is 4.91. The van der Waals surface area contributed by atoms with Crippen LogP contribution in [0.1, 0.15) is 31.2 Å². The summed E-state index contributed by atoms with van der Waals surface area (Å²) in [6.07, 6.45) is 1.60. The normalized spacial score (nSPS) is 14.9. The zero-order valence-electron chi connectivity index (χ0n) is 22.2. The number of carbonyl (C=O) groups excluding carboxylic acids is 2. The van der Waals surface area contributed by atoms with Gasteiger partial charge in [0.15, 0.2) is 16.3 Å². The molecule has 0 saturated carbocycles. The smallest absolute Gasteiger partial charge is 0.338 e. The molecule has 1 unspecified atom stereocenters. The third-order valence-corrected chi connectivity index (χ3v) is 8.10. The molecule has 0 aliphatic carbocycles. The van der Waals surface area contributed by atoms with Crippen LogP contribution < -0.4 is 24.4 Å². The second-order valence-electron chi connectivity index (χ2n) is 8.88. The van der Waals surface area contributed by atoms with Crippen LogP contribution >= 0.6 is 34.5 Å². The van der Waals surface area contributed by atoms with E-state index in [1.807, 2.05) is 0 Å². The Bertz CT molecular complexity index is 1920. The number of ether oxygens (including phenoxy) is 3. The van der Waals surface area contributed by atoms with E-state index in [2.05, 4.69) is 4.99 Å². The third-order valence-electron chi connectivity index (χ3n) is 6.30. The van der Waals surface area contributed by atoms with E-state index in [4.69, 9.17) is 41.8 Å². The summed E-state index contributed by atoms with van der Waals surface area (Å²) >= 11 is 13.6. The van der Waals surface area contributed by atoms with Crippen molar-refractivity contribution in [2.75, 3.05) is 14.2 Å². The largest absolute Gasteiger partial charge is 0.493 e. The van der Waals surface area contributed by atoms with Crippen molar-refractivity contribution in [2.45, 2.75) is 19.9 Å². The molecule has 1 aliphatic rings. The fraction of sp³-hybridized carbons (Fsp3) is 0.172. The lowest BCUT2D eigenvalue weighted by atomic mass is 9.95. The van der Waals surface area contributed by atoms with E-state index < -0.39 is 23.5 Å². The monoisotopic (exact) mass is 612 g/mol. The second kappa shape index (κ2) is 11.4. The van der Waals surface area contributed by atoms with E-state index in [0.29, 0.717) is 47.7 Å². The summed E-state index contributed by atoms with van der Waals surface area (Å²) in [6.45, 7) is 2.95. The van der Waals surface area contributed by atoms with Gasteiger partial charge in [0.1, 0.15) is 11.5 Å². The molecule has 0 bridgehead atoms. The number of benzene rings is 2. The number of nitrogens with zero attached hydrogens (tertiary/aromatic N) is 2. The van der Waals surface area contributed by atoms with Gasteiger partial charge in [-0.1, -0.05) is 46.7 Å². The molecule has 12 heteroatoms. The van der Waals surface area contributed by atoms with Gasteiger partial charge in [-0.2, -0.15) is 0 Å². The van der Waals surface area contributed by atoms with Crippen molar-refractivity contribution in [3.8, 4) is 22.8 Å². The summed E-state index contributed by atoms with van der Waals surface area (Å²) in [5.74, 6) is 0.190. The van der Waals surface area contributed by atoms with Gasteiger partial charge in [0.25, 0.3) is 5.56 Å². The number of methoxy groups -OCH3 is 2. The molecule has 0 spiro atoms. The summed E-state index contributed by atoms with van der Waals surface area (Å²) in [7, 11) is 2.68. The minimum atomic E-state index is -0.890. The van der Waals surface area contributed by atoms with Gasteiger partial charge in [-0.3, -0.25) is 14.2 Å². The van der Waals surface area contributed by atoms with Crippen LogP contribution in [0.15, 0.2) is 74.0 Å². The first-order valence-electron chi connectivity index (χ1n) is 12.1. The molecule has 5 rings (SSSR count). The van der Waals surface area contributed by atoms with Gasteiger partial charge in [-0.15, -0.1) is 0 Å². The number of hydrogen-bond donors (Lipinski definition) is 0. The summed E-state index contributed by atoms with van der Waals surface area (Å²) in [5, 5.41) is 0.750. The number of esters is 2. The highest BCUT2D eigenvalue weighted by molar-refractivity contribution is 7.07. The molecule has 41 heavy (non-hydrogen) atoms. The van der Waals surface area contributed by atoms with Gasteiger partial charge in [0.2, 0.25) is 0 Å². The number of aromatic nitrogens is 1. The molecule has 9 nitrogen and oxygen atoms in total.